The molecule has 2 aromatic heterocycles. The summed E-state index contributed by atoms with van der Waals surface area (Å²) < 4.78 is 41.5. The number of hydrogen-bond donors (Lipinski definition) is 2. The maximum atomic E-state index is 13.1. The van der Waals surface area contributed by atoms with E-state index in [1.54, 1.807) is 31.2 Å². The summed E-state index contributed by atoms with van der Waals surface area (Å²) in [6.07, 6.45) is -3.84. The molecular formula is C25H22F3N3O4. The van der Waals surface area contributed by atoms with Gasteiger partial charge in [0.25, 0.3) is 5.78 Å². The van der Waals surface area contributed by atoms with Gasteiger partial charge in [-0.1, -0.05) is 38.1 Å². The van der Waals surface area contributed by atoms with Crippen LogP contribution < -0.4 is 9.64 Å². The number of rotatable bonds is 5. The van der Waals surface area contributed by atoms with Gasteiger partial charge < -0.3 is 14.8 Å². The second-order valence-electron chi connectivity index (χ2n) is 8.45. The summed E-state index contributed by atoms with van der Waals surface area (Å²) in [5.74, 6) is -2.38. The number of Topliss-reactive ketones (excluding diaryl/α,β-unsaturated/α-hetero) is 1. The number of carbonyl (C=O) groups excluding carboxylic acids is 2. The van der Waals surface area contributed by atoms with E-state index in [-0.39, 0.29) is 17.1 Å². The second-order valence-corrected chi connectivity index (χ2v) is 8.45. The Bertz CT molecular complexity index is 1290. The average Bonchev–Trinajstić information content (AvgIpc) is 3.33. The maximum absolute atomic E-state index is 13.1. The Hall–Kier alpha value is -4.08. The molecular weight excluding hydrogens is 463 g/mol. The van der Waals surface area contributed by atoms with E-state index in [0.29, 0.717) is 11.4 Å². The smallest absolute Gasteiger partial charge is 0.507 e. The number of H-pyrrole nitrogens is 1. The van der Waals surface area contributed by atoms with Gasteiger partial charge in [0, 0.05) is 23.5 Å². The molecule has 1 atom stereocenters. The molecule has 3 aromatic rings. The molecule has 0 radical (unpaired) electrons. The van der Waals surface area contributed by atoms with Crippen LogP contribution in [0.4, 0.5) is 19.0 Å². The van der Waals surface area contributed by atoms with Gasteiger partial charge in [-0.15, -0.1) is 13.2 Å². The molecule has 0 saturated carbocycles. The largest absolute Gasteiger partial charge is 0.574 e. The molecule has 35 heavy (non-hydrogen) atoms. The van der Waals surface area contributed by atoms with E-state index >= 15 is 0 Å². The number of ether oxygens (including phenoxy) is 1. The minimum absolute atomic E-state index is 0.203. The van der Waals surface area contributed by atoms with Gasteiger partial charge in [0.15, 0.2) is 0 Å². The lowest BCUT2D eigenvalue weighted by molar-refractivity contribution is -0.276. The number of alkyl halides is 3. The van der Waals surface area contributed by atoms with Crippen molar-refractivity contribution >= 4 is 23.3 Å². The van der Waals surface area contributed by atoms with E-state index in [9.17, 15) is 27.9 Å². The number of aromatic nitrogens is 2. The van der Waals surface area contributed by atoms with Crippen LogP contribution in [0, 0.1) is 6.92 Å². The number of benzene rings is 1. The van der Waals surface area contributed by atoms with Gasteiger partial charge in [-0.25, -0.2) is 4.98 Å². The van der Waals surface area contributed by atoms with Crippen molar-refractivity contribution in [2.75, 3.05) is 4.90 Å². The van der Waals surface area contributed by atoms with Gasteiger partial charge in [-0.05, 0) is 42.2 Å². The van der Waals surface area contributed by atoms with Gasteiger partial charge in [0.1, 0.15) is 11.6 Å². The van der Waals surface area contributed by atoms with Crippen LogP contribution in [0.2, 0.25) is 0 Å². The third-order valence-corrected chi connectivity index (χ3v) is 5.67. The number of amides is 1. The van der Waals surface area contributed by atoms with E-state index in [1.807, 2.05) is 26.0 Å². The number of nitrogens with zero attached hydrogens (tertiary/aromatic N) is 2. The van der Waals surface area contributed by atoms with Crippen molar-refractivity contribution in [3.8, 4) is 5.88 Å². The predicted molar refractivity (Wildman–Crippen MR) is 122 cm³/mol. The zero-order valence-corrected chi connectivity index (χ0v) is 19.1. The zero-order chi connectivity index (χ0) is 25.5. The summed E-state index contributed by atoms with van der Waals surface area (Å²) in [7, 11) is 0. The quantitative estimate of drug-likeness (QED) is 0.288. The molecule has 0 bridgehead atoms. The molecule has 1 fully saturated rings. The summed E-state index contributed by atoms with van der Waals surface area (Å²) in [6.45, 7) is 5.78. The van der Waals surface area contributed by atoms with E-state index in [4.69, 9.17) is 0 Å². The van der Waals surface area contributed by atoms with Crippen LogP contribution >= 0.6 is 0 Å². The molecule has 3 heterocycles. The molecule has 1 aliphatic heterocycles. The number of anilines is 1. The fourth-order valence-electron chi connectivity index (χ4n) is 3.94. The molecule has 1 aromatic carbocycles. The van der Waals surface area contributed by atoms with Crippen molar-refractivity contribution in [2.45, 2.75) is 39.1 Å². The number of aliphatic hydroxyl groups is 1. The molecule has 0 aliphatic carbocycles. The number of ketones is 1. The molecule has 1 aliphatic rings. The van der Waals surface area contributed by atoms with Crippen molar-refractivity contribution in [2.24, 2.45) is 0 Å². The van der Waals surface area contributed by atoms with Crippen LogP contribution in [0.3, 0.4) is 0 Å². The van der Waals surface area contributed by atoms with E-state index in [0.717, 1.165) is 28.4 Å². The average molecular weight is 485 g/mol. The van der Waals surface area contributed by atoms with Gasteiger partial charge in [-0.3, -0.25) is 14.5 Å². The first-order chi connectivity index (χ1) is 16.5. The summed E-state index contributed by atoms with van der Waals surface area (Å²) in [5, 5.41) is 11.1. The molecule has 1 amide bonds. The first kappa shape index (κ1) is 24.1. The number of aromatic amines is 1. The summed E-state index contributed by atoms with van der Waals surface area (Å²) in [6, 6.07) is 11.3. The lowest BCUT2D eigenvalue weighted by Gasteiger charge is -2.24. The Balaban J connectivity index is 1.84. The van der Waals surface area contributed by atoms with Gasteiger partial charge >= 0.3 is 12.3 Å². The van der Waals surface area contributed by atoms with E-state index in [2.05, 4.69) is 14.7 Å². The third kappa shape index (κ3) is 4.77. The number of hydrogen-bond acceptors (Lipinski definition) is 5. The lowest BCUT2D eigenvalue weighted by atomic mass is 9.95. The fourth-order valence-corrected chi connectivity index (χ4v) is 3.94. The van der Waals surface area contributed by atoms with Crippen molar-refractivity contribution in [3.05, 3.63) is 82.7 Å². The maximum Gasteiger partial charge on any atom is 0.574 e. The minimum Gasteiger partial charge on any atom is -0.507 e. The molecule has 1 saturated heterocycles. The number of nitrogens with one attached hydrogen (secondary N) is 1. The van der Waals surface area contributed by atoms with Crippen molar-refractivity contribution in [3.63, 3.8) is 0 Å². The Morgan fingerprint density at radius 3 is 2.29 bits per heavy atom. The highest BCUT2D eigenvalue weighted by molar-refractivity contribution is 6.51. The number of pyridine rings is 1. The van der Waals surface area contributed by atoms with E-state index < -0.39 is 35.7 Å². The van der Waals surface area contributed by atoms with Gasteiger partial charge in [0.2, 0.25) is 5.88 Å². The standard InChI is InChI=1S/C25H22F3N3O4/c1-13(2)15-5-7-16(8-6-15)22(32)20-21(17-9-11-19(29-12-17)35-25(26,27)28)31(24(34)23(20)33)18-10-4-14(3)30-18/h4-13,21,30,32H,1-3H3. The Morgan fingerprint density at radius 2 is 1.77 bits per heavy atom. The summed E-state index contributed by atoms with van der Waals surface area (Å²) in [5.41, 5.74) is 2.07. The summed E-state index contributed by atoms with van der Waals surface area (Å²) in [4.78, 5) is 34.0. The predicted octanol–water partition coefficient (Wildman–Crippen LogP) is 5.37. The highest BCUT2D eigenvalue weighted by Crippen LogP contribution is 2.42. The number of aryl methyl sites for hydroxylation is 1. The van der Waals surface area contributed by atoms with Crippen LogP contribution in [-0.2, 0) is 9.59 Å². The lowest BCUT2D eigenvalue weighted by Crippen LogP contribution is -2.29. The van der Waals surface area contributed by atoms with E-state index in [1.165, 1.54) is 6.07 Å². The number of aliphatic hydroxyl groups excluding tert-OH is 1. The van der Waals surface area contributed by atoms with Crippen molar-refractivity contribution < 1.29 is 32.6 Å². The zero-order valence-electron chi connectivity index (χ0n) is 19.1. The molecule has 0 spiro atoms. The fraction of sp³-hybridized carbons (Fsp3) is 0.240. The first-order valence-corrected chi connectivity index (χ1v) is 10.7. The van der Waals surface area contributed by atoms with Crippen LogP contribution in [0.25, 0.3) is 5.76 Å². The van der Waals surface area contributed by atoms with Crippen LogP contribution in [0.5, 0.6) is 5.88 Å². The second kappa shape index (κ2) is 8.94. The Morgan fingerprint density at radius 1 is 1.09 bits per heavy atom. The highest BCUT2D eigenvalue weighted by Gasteiger charge is 2.47. The summed E-state index contributed by atoms with van der Waals surface area (Å²) >= 11 is 0. The molecule has 2 N–H and O–H groups in total. The first-order valence-electron chi connectivity index (χ1n) is 10.7. The molecule has 4 rings (SSSR count). The van der Waals surface area contributed by atoms with Crippen LogP contribution in [0.15, 0.2) is 60.3 Å². The third-order valence-electron chi connectivity index (χ3n) is 5.67. The minimum atomic E-state index is -4.92. The molecule has 182 valence electrons. The normalized spacial score (nSPS) is 17.9. The molecule has 7 nitrogen and oxygen atoms in total. The van der Waals surface area contributed by atoms with Crippen molar-refractivity contribution in [1.82, 2.24) is 9.97 Å². The Labute approximate surface area is 198 Å². The van der Waals surface area contributed by atoms with Crippen LogP contribution in [0.1, 0.15) is 48.2 Å². The highest BCUT2D eigenvalue weighted by atomic mass is 19.4. The number of carbonyl (C=O) groups is 2. The van der Waals surface area contributed by atoms with Crippen LogP contribution in [-0.4, -0.2) is 33.1 Å². The van der Waals surface area contributed by atoms with Gasteiger partial charge in [-0.2, -0.15) is 0 Å². The van der Waals surface area contributed by atoms with Gasteiger partial charge in [0.05, 0.1) is 11.6 Å². The molecule has 1 unspecified atom stereocenters. The Kier molecular flexibility index (Phi) is 6.14. The van der Waals surface area contributed by atoms with Crippen molar-refractivity contribution in [1.29, 1.82) is 0 Å². The SMILES string of the molecule is Cc1ccc(N2C(=O)C(=O)C(=C(O)c3ccc(C(C)C)cc3)C2c2ccc(OC(F)(F)F)nc2)[nH]1. The molecule has 10 heteroatoms. The number of halogens is 3. The topological polar surface area (TPSA) is 95.5 Å². The monoisotopic (exact) mass is 485 g/mol.